The van der Waals surface area contributed by atoms with Crippen LogP contribution < -0.4 is 0 Å². The standard InChI is InChI=1S/C9H10F2.C8H10/c1-6-3-4-8(10)7(2)9(11)5-6;1-7-3-5-8(2)6-4-7/h3,5H,4H2,1-2H3;3-6H,1-2H3. The highest BCUT2D eigenvalue weighted by Crippen LogP contribution is 2.24. The largest absolute Gasteiger partial charge is 0.211 e. The van der Waals surface area contributed by atoms with Gasteiger partial charge in [-0.05, 0) is 33.8 Å². The molecule has 2 heteroatoms. The van der Waals surface area contributed by atoms with E-state index in [9.17, 15) is 8.78 Å². The molecular weight excluding hydrogens is 242 g/mol. The second-order valence-corrected chi connectivity index (χ2v) is 4.83. The Morgan fingerprint density at radius 1 is 0.842 bits per heavy atom. The predicted molar refractivity (Wildman–Crippen MR) is 77.3 cm³/mol. The van der Waals surface area contributed by atoms with Gasteiger partial charge in [0.15, 0.2) is 0 Å². The van der Waals surface area contributed by atoms with E-state index >= 15 is 0 Å². The average molecular weight is 262 g/mol. The lowest BCUT2D eigenvalue weighted by molar-refractivity contribution is 0.582. The fraction of sp³-hybridized carbons (Fsp3) is 0.294. The normalized spacial score (nSPS) is 15.1. The number of hydrogen-bond donors (Lipinski definition) is 0. The van der Waals surface area contributed by atoms with E-state index in [0.717, 1.165) is 5.57 Å². The summed E-state index contributed by atoms with van der Waals surface area (Å²) < 4.78 is 25.7. The van der Waals surface area contributed by atoms with Crippen LogP contribution in [-0.2, 0) is 0 Å². The molecule has 0 saturated carbocycles. The molecule has 0 bridgehead atoms. The first kappa shape index (κ1) is 15.4. The molecule has 0 amide bonds. The van der Waals surface area contributed by atoms with E-state index in [1.54, 1.807) is 13.0 Å². The van der Waals surface area contributed by atoms with Crippen molar-refractivity contribution in [2.45, 2.75) is 34.1 Å². The summed E-state index contributed by atoms with van der Waals surface area (Å²) in [5.74, 6) is -0.843. The van der Waals surface area contributed by atoms with Crippen molar-refractivity contribution in [3.8, 4) is 0 Å². The number of hydrogen-bond acceptors (Lipinski definition) is 0. The molecule has 0 heterocycles. The number of aryl methyl sites for hydroxylation is 2. The highest BCUT2D eigenvalue weighted by molar-refractivity contribution is 5.36. The Hall–Kier alpha value is -1.70. The predicted octanol–water partition coefficient (Wildman–Crippen LogP) is 5.74. The third-order valence-electron chi connectivity index (χ3n) is 2.94. The molecule has 0 N–H and O–H groups in total. The lowest BCUT2D eigenvalue weighted by atomic mass is 10.2. The SMILES string of the molecule is CC1=CCC(F)=C(C)C(F)=C1.Cc1ccc(C)cc1. The molecule has 0 aliphatic heterocycles. The molecule has 1 aromatic rings. The monoisotopic (exact) mass is 262 g/mol. The van der Waals surface area contributed by atoms with Crippen LogP contribution in [0.3, 0.4) is 0 Å². The summed E-state index contributed by atoms with van der Waals surface area (Å²) in [6, 6.07) is 8.48. The molecule has 0 fully saturated rings. The van der Waals surface area contributed by atoms with Gasteiger partial charge in [0, 0.05) is 12.0 Å². The van der Waals surface area contributed by atoms with Gasteiger partial charge < -0.3 is 0 Å². The van der Waals surface area contributed by atoms with Gasteiger partial charge in [-0.2, -0.15) is 0 Å². The van der Waals surface area contributed by atoms with Gasteiger partial charge in [-0.3, -0.25) is 0 Å². The van der Waals surface area contributed by atoms with Gasteiger partial charge in [0.2, 0.25) is 0 Å². The summed E-state index contributed by atoms with van der Waals surface area (Å²) in [5, 5.41) is 0. The second-order valence-electron chi connectivity index (χ2n) is 4.83. The Bertz CT molecular complexity index is 496. The van der Waals surface area contributed by atoms with Crippen molar-refractivity contribution in [2.75, 3.05) is 0 Å². The molecular formula is C17H20F2. The van der Waals surface area contributed by atoms with Crippen LogP contribution in [0.15, 0.2) is 59.2 Å². The maximum atomic E-state index is 12.9. The second kappa shape index (κ2) is 7.03. The molecule has 0 unspecified atom stereocenters. The number of allylic oxidation sites excluding steroid dienone is 6. The summed E-state index contributed by atoms with van der Waals surface area (Å²) in [5.41, 5.74) is 3.55. The molecule has 102 valence electrons. The third-order valence-corrected chi connectivity index (χ3v) is 2.94. The molecule has 19 heavy (non-hydrogen) atoms. The van der Waals surface area contributed by atoms with Gasteiger partial charge in [0.25, 0.3) is 0 Å². The van der Waals surface area contributed by atoms with Gasteiger partial charge in [-0.1, -0.05) is 47.0 Å². The van der Waals surface area contributed by atoms with Crippen molar-refractivity contribution in [2.24, 2.45) is 0 Å². The summed E-state index contributed by atoms with van der Waals surface area (Å²) in [6.07, 6.45) is 3.23. The van der Waals surface area contributed by atoms with Crippen molar-refractivity contribution < 1.29 is 8.78 Å². The molecule has 1 aliphatic carbocycles. The van der Waals surface area contributed by atoms with Crippen LogP contribution >= 0.6 is 0 Å². The van der Waals surface area contributed by atoms with Gasteiger partial charge in [0.05, 0.1) is 0 Å². The summed E-state index contributed by atoms with van der Waals surface area (Å²) in [4.78, 5) is 0. The molecule has 0 aromatic heterocycles. The van der Waals surface area contributed by atoms with Crippen LogP contribution in [0.1, 0.15) is 31.4 Å². The number of benzene rings is 1. The third kappa shape index (κ3) is 5.21. The lowest BCUT2D eigenvalue weighted by Crippen LogP contribution is -1.80. The number of rotatable bonds is 0. The van der Waals surface area contributed by atoms with Crippen molar-refractivity contribution in [3.05, 3.63) is 70.3 Å². The smallest absolute Gasteiger partial charge is 0.128 e. The van der Waals surface area contributed by atoms with E-state index in [-0.39, 0.29) is 17.8 Å². The molecule has 0 radical (unpaired) electrons. The summed E-state index contributed by atoms with van der Waals surface area (Å²) in [6.45, 7) is 7.40. The van der Waals surface area contributed by atoms with Crippen LogP contribution in [0.25, 0.3) is 0 Å². The molecule has 0 saturated heterocycles. The van der Waals surface area contributed by atoms with Crippen LogP contribution in [0.5, 0.6) is 0 Å². The van der Waals surface area contributed by atoms with Crippen LogP contribution in [0, 0.1) is 13.8 Å². The van der Waals surface area contributed by atoms with Crippen LogP contribution in [0.2, 0.25) is 0 Å². The lowest BCUT2D eigenvalue weighted by Gasteiger charge is -1.95. The van der Waals surface area contributed by atoms with E-state index in [0.29, 0.717) is 0 Å². The molecule has 0 nitrogen and oxygen atoms in total. The van der Waals surface area contributed by atoms with Crippen molar-refractivity contribution in [1.29, 1.82) is 0 Å². The van der Waals surface area contributed by atoms with Gasteiger partial charge in [-0.15, -0.1) is 0 Å². The first-order valence-electron chi connectivity index (χ1n) is 6.33. The minimum absolute atomic E-state index is 0.123. The van der Waals surface area contributed by atoms with E-state index in [2.05, 4.69) is 38.1 Å². The Labute approximate surface area is 114 Å². The molecule has 1 aliphatic rings. The number of halogens is 2. The van der Waals surface area contributed by atoms with Crippen LogP contribution in [0.4, 0.5) is 8.78 Å². The zero-order valence-corrected chi connectivity index (χ0v) is 11.9. The van der Waals surface area contributed by atoms with Gasteiger partial charge in [0.1, 0.15) is 11.7 Å². The Kier molecular flexibility index (Phi) is 5.68. The summed E-state index contributed by atoms with van der Waals surface area (Å²) >= 11 is 0. The Morgan fingerprint density at radius 2 is 1.32 bits per heavy atom. The molecule has 0 atom stereocenters. The van der Waals surface area contributed by atoms with Gasteiger partial charge >= 0.3 is 0 Å². The van der Waals surface area contributed by atoms with E-state index in [4.69, 9.17) is 0 Å². The minimum Gasteiger partial charge on any atom is -0.211 e. The first-order valence-corrected chi connectivity index (χ1v) is 6.33. The summed E-state index contributed by atoms with van der Waals surface area (Å²) in [7, 11) is 0. The van der Waals surface area contributed by atoms with Gasteiger partial charge in [-0.25, -0.2) is 8.78 Å². The fourth-order valence-electron chi connectivity index (χ4n) is 1.54. The van der Waals surface area contributed by atoms with E-state index in [1.807, 2.05) is 0 Å². The van der Waals surface area contributed by atoms with E-state index in [1.165, 1.54) is 24.1 Å². The zero-order valence-electron chi connectivity index (χ0n) is 11.9. The molecule has 2 rings (SSSR count). The van der Waals surface area contributed by atoms with E-state index < -0.39 is 5.83 Å². The first-order chi connectivity index (χ1) is 8.90. The Balaban J connectivity index is 0.000000200. The molecule has 1 aromatic carbocycles. The maximum absolute atomic E-state index is 12.9. The topological polar surface area (TPSA) is 0 Å². The zero-order chi connectivity index (χ0) is 14.4. The van der Waals surface area contributed by atoms with Crippen LogP contribution in [-0.4, -0.2) is 0 Å². The van der Waals surface area contributed by atoms with Crippen molar-refractivity contribution in [3.63, 3.8) is 0 Å². The fourth-order valence-corrected chi connectivity index (χ4v) is 1.54. The Morgan fingerprint density at radius 3 is 1.79 bits per heavy atom. The average Bonchev–Trinajstić information content (AvgIpc) is 2.48. The molecule has 0 spiro atoms. The maximum Gasteiger partial charge on any atom is 0.128 e. The highest BCUT2D eigenvalue weighted by atomic mass is 19.1. The van der Waals surface area contributed by atoms with Crippen molar-refractivity contribution in [1.82, 2.24) is 0 Å². The minimum atomic E-state index is -0.464. The highest BCUT2D eigenvalue weighted by Gasteiger charge is 2.08. The van der Waals surface area contributed by atoms with Crippen molar-refractivity contribution >= 4 is 0 Å². The quantitative estimate of drug-likeness (QED) is 0.559.